The van der Waals surface area contributed by atoms with E-state index >= 15 is 0 Å². The molecular weight excluding hydrogens is 269 g/mol. The number of anilines is 2. The molecule has 0 bridgehead atoms. The SMILES string of the molecule is CCN(CC)C(=O)CN(C)c1cc(F)c(Cl)cc1N. The van der Waals surface area contributed by atoms with Crippen LogP contribution in [0.15, 0.2) is 12.1 Å². The van der Waals surface area contributed by atoms with Crippen LogP contribution in [0, 0.1) is 5.82 Å². The molecule has 6 heteroatoms. The zero-order chi connectivity index (χ0) is 14.6. The van der Waals surface area contributed by atoms with Gasteiger partial charge in [-0.05, 0) is 19.9 Å². The molecule has 19 heavy (non-hydrogen) atoms. The third kappa shape index (κ3) is 3.73. The van der Waals surface area contributed by atoms with Gasteiger partial charge < -0.3 is 15.5 Å². The van der Waals surface area contributed by atoms with E-state index in [0.29, 0.717) is 24.5 Å². The number of benzene rings is 1. The van der Waals surface area contributed by atoms with E-state index in [4.69, 9.17) is 17.3 Å². The Bertz CT molecular complexity index is 463. The number of rotatable bonds is 5. The van der Waals surface area contributed by atoms with Crippen molar-refractivity contribution < 1.29 is 9.18 Å². The number of likely N-dealkylation sites (N-methyl/N-ethyl adjacent to an activating group) is 2. The summed E-state index contributed by atoms with van der Waals surface area (Å²) < 4.78 is 13.4. The van der Waals surface area contributed by atoms with Crippen LogP contribution in [0.25, 0.3) is 0 Å². The van der Waals surface area contributed by atoms with Crippen molar-refractivity contribution in [2.75, 3.05) is 37.3 Å². The van der Waals surface area contributed by atoms with Crippen LogP contribution in [0.5, 0.6) is 0 Å². The van der Waals surface area contributed by atoms with Gasteiger partial charge in [0.2, 0.25) is 5.91 Å². The molecule has 1 aromatic carbocycles. The first-order valence-corrected chi connectivity index (χ1v) is 6.51. The lowest BCUT2D eigenvalue weighted by Crippen LogP contribution is -2.39. The molecule has 0 aliphatic carbocycles. The van der Waals surface area contributed by atoms with Crippen molar-refractivity contribution in [3.63, 3.8) is 0 Å². The van der Waals surface area contributed by atoms with Crippen molar-refractivity contribution in [3.8, 4) is 0 Å². The van der Waals surface area contributed by atoms with Crippen molar-refractivity contribution in [2.24, 2.45) is 0 Å². The van der Waals surface area contributed by atoms with Crippen molar-refractivity contribution in [2.45, 2.75) is 13.8 Å². The predicted octanol–water partition coefficient (Wildman–Crippen LogP) is 2.37. The van der Waals surface area contributed by atoms with E-state index in [1.54, 1.807) is 16.8 Å². The summed E-state index contributed by atoms with van der Waals surface area (Å²) in [5.41, 5.74) is 6.60. The zero-order valence-electron chi connectivity index (χ0n) is 11.4. The van der Waals surface area contributed by atoms with E-state index in [2.05, 4.69) is 0 Å². The van der Waals surface area contributed by atoms with Gasteiger partial charge in [-0.15, -0.1) is 0 Å². The van der Waals surface area contributed by atoms with Crippen LogP contribution in [-0.4, -0.2) is 37.5 Å². The second-order valence-electron chi connectivity index (χ2n) is 4.25. The number of carbonyl (C=O) groups is 1. The maximum Gasteiger partial charge on any atom is 0.242 e. The van der Waals surface area contributed by atoms with Gasteiger partial charge in [0.15, 0.2) is 0 Å². The smallest absolute Gasteiger partial charge is 0.242 e. The molecule has 0 radical (unpaired) electrons. The minimum absolute atomic E-state index is 0.0234. The number of nitrogen functional groups attached to an aromatic ring is 1. The molecule has 1 amide bonds. The lowest BCUT2D eigenvalue weighted by atomic mass is 10.2. The summed E-state index contributed by atoms with van der Waals surface area (Å²) in [4.78, 5) is 15.3. The van der Waals surface area contributed by atoms with Crippen molar-refractivity contribution in [1.82, 2.24) is 4.90 Å². The maximum absolute atomic E-state index is 13.4. The van der Waals surface area contributed by atoms with Gasteiger partial charge in [-0.1, -0.05) is 11.6 Å². The van der Waals surface area contributed by atoms with Gasteiger partial charge in [0, 0.05) is 26.2 Å². The summed E-state index contributed by atoms with van der Waals surface area (Å²) in [5.74, 6) is -0.574. The lowest BCUT2D eigenvalue weighted by Gasteiger charge is -2.25. The minimum atomic E-state index is -0.548. The number of hydrogen-bond acceptors (Lipinski definition) is 3. The van der Waals surface area contributed by atoms with Gasteiger partial charge in [-0.2, -0.15) is 0 Å². The third-order valence-electron chi connectivity index (χ3n) is 2.97. The minimum Gasteiger partial charge on any atom is -0.397 e. The lowest BCUT2D eigenvalue weighted by molar-refractivity contribution is -0.129. The summed E-state index contributed by atoms with van der Waals surface area (Å²) in [7, 11) is 1.69. The first-order valence-electron chi connectivity index (χ1n) is 6.14. The highest BCUT2D eigenvalue weighted by molar-refractivity contribution is 6.31. The highest BCUT2D eigenvalue weighted by Crippen LogP contribution is 2.28. The molecule has 0 unspecified atom stereocenters. The Morgan fingerprint density at radius 3 is 2.47 bits per heavy atom. The van der Waals surface area contributed by atoms with E-state index in [1.165, 1.54) is 12.1 Å². The molecule has 0 saturated carbocycles. The van der Waals surface area contributed by atoms with Gasteiger partial charge in [0.05, 0.1) is 22.9 Å². The fourth-order valence-electron chi connectivity index (χ4n) is 1.85. The fourth-order valence-corrected chi connectivity index (χ4v) is 2.02. The van der Waals surface area contributed by atoms with Crippen LogP contribution in [0.3, 0.4) is 0 Å². The van der Waals surface area contributed by atoms with E-state index < -0.39 is 5.82 Å². The summed E-state index contributed by atoms with van der Waals surface area (Å²) in [6, 6.07) is 2.60. The number of nitrogens with two attached hydrogens (primary N) is 1. The highest BCUT2D eigenvalue weighted by atomic mass is 35.5. The Morgan fingerprint density at radius 2 is 1.95 bits per heavy atom. The molecule has 106 valence electrons. The normalized spacial score (nSPS) is 10.4. The summed E-state index contributed by atoms with van der Waals surface area (Å²) in [6.45, 7) is 5.27. The van der Waals surface area contributed by atoms with Crippen LogP contribution >= 0.6 is 11.6 Å². The van der Waals surface area contributed by atoms with E-state index in [0.717, 1.165) is 0 Å². The first-order chi connectivity index (χ1) is 8.90. The van der Waals surface area contributed by atoms with Gasteiger partial charge in [-0.25, -0.2) is 4.39 Å². The number of nitrogens with zero attached hydrogens (tertiary/aromatic N) is 2. The van der Waals surface area contributed by atoms with E-state index in [-0.39, 0.29) is 17.5 Å². The van der Waals surface area contributed by atoms with Crippen LogP contribution in [0.4, 0.5) is 15.8 Å². The zero-order valence-corrected chi connectivity index (χ0v) is 12.2. The molecular formula is C13H19ClFN3O. The second kappa shape index (κ2) is 6.61. The number of amides is 1. The highest BCUT2D eigenvalue weighted by Gasteiger charge is 2.16. The van der Waals surface area contributed by atoms with Crippen LogP contribution in [0.2, 0.25) is 5.02 Å². The van der Waals surface area contributed by atoms with Gasteiger partial charge in [0.25, 0.3) is 0 Å². The summed E-state index contributed by atoms with van der Waals surface area (Å²) in [6.07, 6.45) is 0. The van der Waals surface area contributed by atoms with E-state index in [9.17, 15) is 9.18 Å². The average molecular weight is 288 g/mol. The molecule has 0 atom stereocenters. The van der Waals surface area contributed by atoms with Gasteiger partial charge in [0.1, 0.15) is 5.82 Å². The van der Waals surface area contributed by atoms with Crippen LogP contribution in [-0.2, 0) is 4.79 Å². The van der Waals surface area contributed by atoms with Crippen molar-refractivity contribution in [1.29, 1.82) is 0 Å². The Balaban J connectivity index is 2.86. The van der Waals surface area contributed by atoms with Crippen molar-refractivity contribution >= 4 is 28.9 Å². The maximum atomic E-state index is 13.4. The van der Waals surface area contributed by atoms with E-state index in [1.807, 2.05) is 13.8 Å². The molecule has 2 N–H and O–H groups in total. The molecule has 0 spiro atoms. The summed E-state index contributed by atoms with van der Waals surface area (Å²) >= 11 is 5.64. The molecule has 4 nitrogen and oxygen atoms in total. The Morgan fingerprint density at radius 1 is 1.37 bits per heavy atom. The molecule has 1 rings (SSSR count). The molecule has 1 aromatic rings. The predicted molar refractivity (Wildman–Crippen MR) is 77.0 cm³/mol. The fraction of sp³-hybridized carbons (Fsp3) is 0.462. The Kier molecular flexibility index (Phi) is 5.42. The summed E-state index contributed by atoms with van der Waals surface area (Å²) in [5, 5.41) is -0.0234. The van der Waals surface area contributed by atoms with Gasteiger partial charge >= 0.3 is 0 Å². The van der Waals surface area contributed by atoms with Gasteiger partial charge in [-0.3, -0.25) is 4.79 Å². The second-order valence-corrected chi connectivity index (χ2v) is 4.65. The molecule has 0 saturated heterocycles. The van der Waals surface area contributed by atoms with Crippen molar-refractivity contribution in [3.05, 3.63) is 23.0 Å². The first kappa shape index (κ1) is 15.6. The Labute approximate surface area is 117 Å². The Hall–Kier alpha value is -1.49. The quantitative estimate of drug-likeness (QED) is 0.846. The number of hydrogen-bond donors (Lipinski definition) is 1. The molecule has 0 aliphatic rings. The van der Waals surface area contributed by atoms with Crippen LogP contribution < -0.4 is 10.6 Å². The van der Waals surface area contributed by atoms with Crippen LogP contribution in [0.1, 0.15) is 13.8 Å². The third-order valence-corrected chi connectivity index (χ3v) is 3.26. The average Bonchev–Trinajstić information content (AvgIpc) is 2.35. The molecule has 0 aromatic heterocycles. The monoisotopic (exact) mass is 287 g/mol. The molecule has 0 heterocycles. The topological polar surface area (TPSA) is 49.6 Å². The molecule has 0 fully saturated rings. The number of carbonyl (C=O) groups excluding carboxylic acids is 1. The number of halogens is 2. The largest absolute Gasteiger partial charge is 0.397 e. The molecule has 0 aliphatic heterocycles. The standard InChI is InChI=1S/C13H19ClFN3O/c1-4-18(5-2)13(19)8-17(3)12-7-10(15)9(14)6-11(12)16/h6-7H,4-5,8,16H2,1-3H3.